The molecule has 2 nitrogen and oxygen atoms in total. The molecule has 0 atom stereocenters. The molecule has 0 unspecified atom stereocenters. The maximum absolute atomic E-state index is 8.25. The van der Waals surface area contributed by atoms with E-state index in [4.69, 9.17) is 5.41 Å². The van der Waals surface area contributed by atoms with Crippen molar-refractivity contribution in [3.63, 3.8) is 0 Å². The minimum atomic E-state index is 0. The largest absolute Gasteiger partial charge is 0.360 e. The fourth-order valence-corrected chi connectivity index (χ4v) is 2.82. The maximum atomic E-state index is 8.25. The van der Waals surface area contributed by atoms with Crippen LogP contribution in [-0.2, 0) is 6.42 Å². The number of fused-ring (bicyclic) bond motifs is 1. The van der Waals surface area contributed by atoms with Crippen LogP contribution in [-0.4, -0.2) is 23.8 Å². The van der Waals surface area contributed by atoms with E-state index in [9.17, 15) is 0 Å². The van der Waals surface area contributed by atoms with Crippen LogP contribution >= 0.6 is 12.4 Å². The van der Waals surface area contributed by atoms with Gasteiger partial charge in [0.25, 0.3) is 0 Å². The van der Waals surface area contributed by atoms with Gasteiger partial charge in [-0.1, -0.05) is 42.5 Å². The van der Waals surface area contributed by atoms with E-state index in [1.807, 2.05) is 0 Å². The Morgan fingerprint density at radius 2 is 1.65 bits per heavy atom. The van der Waals surface area contributed by atoms with Crippen LogP contribution in [0.5, 0.6) is 0 Å². The van der Waals surface area contributed by atoms with Crippen molar-refractivity contribution in [3.05, 3.63) is 48.0 Å². The summed E-state index contributed by atoms with van der Waals surface area (Å²) in [7, 11) is 0. The molecule has 3 rings (SSSR count). The van der Waals surface area contributed by atoms with Crippen molar-refractivity contribution in [2.45, 2.75) is 25.7 Å². The van der Waals surface area contributed by atoms with Crippen LogP contribution in [0.1, 0.15) is 24.8 Å². The molecule has 3 heteroatoms. The molecule has 0 spiro atoms. The number of amidine groups is 1. The van der Waals surface area contributed by atoms with E-state index in [1.54, 1.807) is 0 Å². The normalized spacial score (nSPS) is 14.9. The number of halogens is 1. The summed E-state index contributed by atoms with van der Waals surface area (Å²) in [4.78, 5) is 2.23. The molecule has 0 saturated carbocycles. The number of likely N-dealkylation sites (tertiary alicyclic amines) is 1. The van der Waals surface area contributed by atoms with Crippen LogP contribution in [0, 0.1) is 5.41 Å². The quantitative estimate of drug-likeness (QED) is 0.648. The third-order valence-corrected chi connectivity index (χ3v) is 3.92. The van der Waals surface area contributed by atoms with E-state index in [-0.39, 0.29) is 12.4 Å². The number of rotatable bonds is 2. The molecular formula is C17H21ClN2. The number of hydrogen-bond acceptors (Lipinski definition) is 1. The predicted molar refractivity (Wildman–Crippen MR) is 88.1 cm³/mol. The Kier molecular flexibility index (Phi) is 5.02. The van der Waals surface area contributed by atoms with E-state index in [2.05, 4.69) is 47.4 Å². The van der Waals surface area contributed by atoms with Crippen LogP contribution in [0.2, 0.25) is 0 Å². The first-order valence-corrected chi connectivity index (χ1v) is 7.13. The standard InChI is InChI=1S/C17H20N2.ClH/c18-17(19-10-4-1-5-11-19)13-14-8-9-15-6-2-3-7-16(15)12-14;/h2-3,6-9,12,18H,1,4-5,10-11,13H2;1H. The average Bonchev–Trinajstić information content (AvgIpc) is 2.48. The van der Waals surface area contributed by atoms with Gasteiger partial charge in [0.05, 0.1) is 0 Å². The molecule has 1 aliphatic heterocycles. The van der Waals surface area contributed by atoms with E-state index < -0.39 is 0 Å². The Morgan fingerprint density at radius 1 is 0.950 bits per heavy atom. The van der Waals surface area contributed by atoms with Crippen molar-refractivity contribution in [2.75, 3.05) is 13.1 Å². The van der Waals surface area contributed by atoms with E-state index in [1.165, 1.54) is 35.6 Å². The number of hydrogen-bond donors (Lipinski definition) is 1. The van der Waals surface area contributed by atoms with Gasteiger partial charge in [-0.15, -0.1) is 12.4 Å². The molecule has 2 aromatic rings. The molecule has 0 amide bonds. The minimum Gasteiger partial charge on any atom is -0.360 e. The van der Waals surface area contributed by atoms with E-state index >= 15 is 0 Å². The number of benzene rings is 2. The Morgan fingerprint density at radius 3 is 2.40 bits per heavy atom. The summed E-state index contributed by atoms with van der Waals surface area (Å²) in [5.74, 6) is 0.773. The predicted octanol–water partition coefficient (Wildman–Crippen LogP) is 4.27. The smallest absolute Gasteiger partial charge is 0.100 e. The summed E-state index contributed by atoms with van der Waals surface area (Å²) in [5.41, 5.74) is 1.24. The lowest BCUT2D eigenvalue weighted by molar-refractivity contribution is 0.336. The van der Waals surface area contributed by atoms with Gasteiger partial charge in [-0.05, 0) is 35.6 Å². The monoisotopic (exact) mass is 288 g/mol. The topological polar surface area (TPSA) is 27.1 Å². The van der Waals surface area contributed by atoms with Crippen molar-refractivity contribution >= 4 is 29.0 Å². The van der Waals surface area contributed by atoms with Crippen LogP contribution in [0.15, 0.2) is 42.5 Å². The molecule has 0 aromatic heterocycles. The average molecular weight is 289 g/mol. The summed E-state index contributed by atoms with van der Waals surface area (Å²) < 4.78 is 0. The van der Waals surface area contributed by atoms with Gasteiger partial charge in [-0.3, -0.25) is 5.41 Å². The molecule has 0 bridgehead atoms. The van der Waals surface area contributed by atoms with Crippen molar-refractivity contribution in [2.24, 2.45) is 0 Å². The third kappa shape index (κ3) is 3.31. The molecule has 1 saturated heterocycles. The fraction of sp³-hybridized carbons (Fsp3) is 0.353. The van der Waals surface area contributed by atoms with Gasteiger partial charge in [0, 0.05) is 19.5 Å². The second-order valence-corrected chi connectivity index (χ2v) is 5.35. The van der Waals surface area contributed by atoms with Gasteiger partial charge in [0.15, 0.2) is 0 Å². The fourth-order valence-electron chi connectivity index (χ4n) is 2.82. The lowest BCUT2D eigenvalue weighted by Crippen LogP contribution is -2.36. The molecule has 1 aliphatic rings. The first-order chi connectivity index (χ1) is 9.33. The molecule has 1 heterocycles. The van der Waals surface area contributed by atoms with Gasteiger partial charge < -0.3 is 4.90 Å². The molecule has 106 valence electrons. The van der Waals surface area contributed by atoms with Crippen molar-refractivity contribution in [1.82, 2.24) is 4.90 Å². The van der Waals surface area contributed by atoms with Crippen LogP contribution in [0.25, 0.3) is 10.8 Å². The molecule has 20 heavy (non-hydrogen) atoms. The molecule has 1 N–H and O–H groups in total. The zero-order valence-corrected chi connectivity index (χ0v) is 12.5. The van der Waals surface area contributed by atoms with Gasteiger partial charge in [-0.25, -0.2) is 0 Å². The zero-order chi connectivity index (χ0) is 13.1. The molecule has 0 radical (unpaired) electrons. The van der Waals surface area contributed by atoms with Crippen LogP contribution in [0.4, 0.5) is 0 Å². The maximum Gasteiger partial charge on any atom is 0.100 e. The minimum absolute atomic E-state index is 0. The Hall–Kier alpha value is -1.54. The van der Waals surface area contributed by atoms with Gasteiger partial charge in [0.1, 0.15) is 5.84 Å². The molecular weight excluding hydrogens is 268 g/mol. The molecule has 0 aliphatic carbocycles. The Labute approximate surface area is 126 Å². The van der Waals surface area contributed by atoms with Crippen molar-refractivity contribution in [3.8, 4) is 0 Å². The Bertz CT molecular complexity index is 588. The van der Waals surface area contributed by atoms with Gasteiger partial charge in [0.2, 0.25) is 0 Å². The summed E-state index contributed by atoms with van der Waals surface area (Å²) >= 11 is 0. The first-order valence-electron chi connectivity index (χ1n) is 7.13. The summed E-state index contributed by atoms with van der Waals surface area (Å²) in [6.45, 7) is 2.12. The van der Waals surface area contributed by atoms with Crippen LogP contribution in [0.3, 0.4) is 0 Å². The number of nitrogens with zero attached hydrogens (tertiary/aromatic N) is 1. The summed E-state index contributed by atoms with van der Waals surface area (Å²) in [6, 6.07) is 14.9. The second-order valence-electron chi connectivity index (χ2n) is 5.35. The second kappa shape index (κ2) is 6.76. The summed E-state index contributed by atoms with van der Waals surface area (Å²) in [5, 5.41) is 10.8. The number of piperidine rings is 1. The highest BCUT2D eigenvalue weighted by Gasteiger charge is 2.13. The zero-order valence-electron chi connectivity index (χ0n) is 11.6. The van der Waals surface area contributed by atoms with Gasteiger partial charge in [-0.2, -0.15) is 0 Å². The van der Waals surface area contributed by atoms with Crippen molar-refractivity contribution < 1.29 is 0 Å². The highest BCUT2D eigenvalue weighted by atomic mass is 35.5. The van der Waals surface area contributed by atoms with Gasteiger partial charge >= 0.3 is 0 Å². The van der Waals surface area contributed by atoms with E-state index in [0.717, 1.165) is 25.3 Å². The highest BCUT2D eigenvalue weighted by Crippen LogP contribution is 2.17. The highest BCUT2D eigenvalue weighted by molar-refractivity contribution is 5.86. The van der Waals surface area contributed by atoms with Crippen LogP contribution < -0.4 is 0 Å². The van der Waals surface area contributed by atoms with Crippen molar-refractivity contribution in [1.29, 1.82) is 5.41 Å². The lowest BCUT2D eigenvalue weighted by Gasteiger charge is -2.29. The number of nitrogens with one attached hydrogen (secondary N) is 1. The lowest BCUT2D eigenvalue weighted by atomic mass is 10.0. The summed E-state index contributed by atoms with van der Waals surface area (Å²) in [6.07, 6.45) is 4.55. The first kappa shape index (κ1) is 14.9. The third-order valence-electron chi connectivity index (χ3n) is 3.92. The molecule has 2 aromatic carbocycles. The molecule has 1 fully saturated rings. The Balaban J connectivity index is 0.00000147. The van der Waals surface area contributed by atoms with E-state index in [0.29, 0.717) is 0 Å². The SMILES string of the molecule is Cl.N=C(Cc1ccc2ccccc2c1)N1CCCCC1.